The Bertz CT molecular complexity index is 1080. The van der Waals surface area contributed by atoms with Crippen molar-refractivity contribution < 1.29 is 50.6 Å². The fourth-order valence-corrected chi connectivity index (χ4v) is 3.09. The van der Waals surface area contributed by atoms with Gasteiger partial charge in [0.05, 0.1) is 36.2 Å². The molecule has 0 saturated heterocycles. The molecule has 0 amide bonds. The van der Waals surface area contributed by atoms with Gasteiger partial charge in [0.15, 0.2) is 0 Å². The summed E-state index contributed by atoms with van der Waals surface area (Å²) in [6.07, 6.45) is -1.90. The zero-order valence-electron chi connectivity index (χ0n) is 16.0. The fraction of sp³-hybridized carbons (Fsp3) is 0.235. The second-order valence-corrected chi connectivity index (χ2v) is 9.01. The number of quaternary nitrogens is 1. The van der Waals surface area contributed by atoms with Crippen molar-refractivity contribution in [2.45, 2.75) is 9.79 Å². The highest BCUT2D eigenvalue weighted by atomic mass is 32.2. The maximum absolute atomic E-state index is 11.2. The summed E-state index contributed by atoms with van der Waals surface area (Å²) >= 11 is 0. The number of hydrogen-bond donors (Lipinski definition) is 4. The minimum absolute atomic E-state index is 0.0591. The van der Waals surface area contributed by atoms with Crippen LogP contribution in [0.2, 0.25) is 0 Å². The van der Waals surface area contributed by atoms with Gasteiger partial charge in [0, 0.05) is 5.56 Å². The van der Waals surface area contributed by atoms with E-state index in [-0.39, 0.29) is 16.9 Å². The second-order valence-electron chi connectivity index (χ2n) is 6.17. The summed E-state index contributed by atoms with van der Waals surface area (Å²) in [6.45, 7) is 1.14. The van der Waals surface area contributed by atoms with Gasteiger partial charge in [-0.25, -0.2) is 0 Å². The molecule has 0 aliphatic rings. The number of likely N-dealkylation sites (N-methyl/N-ethyl adjacent to an activating group) is 1. The van der Waals surface area contributed by atoms with E-state index in [1.807, 2.05) is 14.1 Å². The van der Waals surface area contributed by atoms with Crippen molar-refractivity contribution in [2.75, 3.05) is 27.2 Å². The molecule has 30 heavy (non-hydrogen) atoms. The third kappa shape index (κ3) is 8.06. The average molecular weight is 463 g/mol. The second kappa shape index (κ2) is 10.5. The largest absolute Gasteiger partial charge is 0.513 e. The molecule has 0 aliphatic heterocycles. The van der Waals surface area contributed by atoms with Crippen molar-refractivity contribution in [3.05, 3.63) is 42.5 Å². The van der Waals surface area contributed by atoms with Crippen molar-refractivity contribution in [2.24, 2.45) is 0 Å². The van der Waals surface area contributed by atoms with Crippen LogP contribution >= 0.6 is 0 Å². The topological polar surface area (TPSA) is 183 Å². The van der Waals surface area contributed by atoms with Crippen molar-refractivity contribution in [1.29, 1.82) is 0 Å². The zero-order valence-corrected chi connectivity index (χ0v) is 17.6. The van der Waals surface area contributed by atoms with E-state index >= 15 is 0 Å². The SMILES string of the molecule is C[NH+](C)CCO.O=C([O-])Oc1ccc(S(=O)(=O)O)cc1-c1ccc(S(=O)(=O)O)cc1. The van der Waals surface area contributed by atoms with Crippen LogP contribution in [-0.4, -0.2) is 64.4 Å². The molecule has 0 fully saturated rings. The smallest absolute Gasteiger partial charge is 0.294 e. The summed E-state index contributed by atoms with van der Waals surface area (Å²) in [6, 6.07) is 7.27. The van der Waals surface area contributed by atoms with Crippen molar-refractivity contribution in [3.63, 3.8) is 0 Å². The average Bonchev–Trinajstić information content (AvgIpc) is 2.60. The summed E-state index contributed by atoms with van der Waals surface area (Å²) < 4.78 is 66.9. The highest BCUT2D eigenvalue weighted by Gasteiger charge is 2.15. The number of ether oxygens (including phenoxy) is 1. The lowest BCUT2D eigenvalue weighted by Crippen LogP contribution is -3.06. The van der Waals surface area contributed by atoms with Gasteiger partial charge in [-0.2, -0.15) is 16.8 Å². The molecule has 0 spiro atoms. The monoisotopic (exact) mass is 463 g/mol. The molecule has 0 heterocycles. The van der Waals surface area contributed by atoms with Crippen LogP contribution in [0, 0.1) is 0 Å². The predicted octanol–water partition coefficient (Wildman–Crippen LogP) is -1.31. The molecule has 4 N–H and O–H groups in total. The number of aliphatic hydroxyl groups excluding tert-OH is 1. The summed E-state index contributed by atoms with van der Waals surface area (Å²) in [4.78, 5) is 11.0. The number of carboxylic acid groups (broad SMARTS) is 1. The molecule has 2 aromatic carbocycles. The Hall–Kier alpha value is -2.55. The highest BCUT2D eigenvalue weighted by Crippen LogP contribution is 2.33. The lowest BCUT2D eigenvalue weighted by molar-refractivity contribution is -0.858. The fourth-order valence-electron chi connectivity index (χ4n) is 2.10. The van der Waals surface area contributed by atoms with Crippen LogP contribution in [0.4, 0.5) is 4.79 Å². The summed E-state index contributed by atoms with van der Waals surface area (Å²) in [5.74, 6) is -0.290. The Kier molecular flexibility index (Phi) is 8.90. The lowest BCUT2D eigenvalue weighted by atomic mass is 10.0. The number of aliphatic hydroxyl groups is 1. The highest BCUT2D eigenvalue weighted by molar-refractivity contribution is 7.86. The van der Waals surface area contributed by atoms with Crippen LogP contribution in [-0.2, 0) is 20.2 Å². The Balaban J connectivity index is 0.000000656. The van der Waals surface area contributed by atoms with Gasteiger partial charge in [-0.3, -0.25) is 9.11 Å². The van der Waals surface area contributed by atoms with E-state index in [1.165, 1.54) is 17.0 Å². The lowest BCUT2D eigenvalue weighted by Gasteiger charge is -2.15. The van der Waals surface area contributed by atoms with Gasteiger partial charge in [0.1, 0.15) is 6.54 Å². The first-order chi connectivity index (χ1) is 13.8. The molecule has 0 aliphatic carbocycles. The van der Waals surface area contributed by atoms with Gasteiger partial charge in [0.25, 0.3) is 26.4 Å². The van der Waals surface area contributed by atoms with E-state index in [0.717, 1.165) is 36.9 Å². The third-order valence-corrected chi connectivity index (χ3v) is 5.23. The van der Waals surface area contributed by atoms with Crippen LogP contribution in [0.25, 0.3) is 11.1 Å². The molecule has 11 nitrogen and oxygen atoms in total. The summed E-state index contributed by atoms with van der Waals surface area (Å²) in [5.41, 5.74) is 0.111. The minimum Gasteiger partial charge on any atom is -0.513 e. The van der Waals surface area contributed by atoms with Crippen molar-refractivity contribution in [1.82, 2.24) is 0 Å². The first-order valence-electron chi connectivity index (χ1n) is 8.24. The van der Waals surface area contributed by atoms with Crippen molar-refractivity contribution in [3.8, 4) is 16.9 Å². The first-order valence-corrected chi connectivity index (χ1v) is 11.1. The van der Waals surface area contributed by atoms with Crippen LogP contribution in [0.3, 0.4) is 0 Å². The molecule has 2 rings (SSSR count). The number of benzene rings is 2. The molecular weight excluding hydrogens is 442 g/mol. The third-order valence-electron chi connectivity index (χ3n) is 3.52. The van der Waals surface area contributed by atoms with E-state index in [1.54, 1.807) is 0 Å². The van der Waals surface area contributed by atoms with Crippen molar-refractivity contribution >= 4 is 26.4 Å². The van der Waals surface area contributed by atoms with Crippen LogP contribution < -0.4 is 14.7 Å². The van der Waals surface area contributed by atoms with Gasteiger partial charge in [-0.05, 0) is 35.9 Å². The normalized spacial score (nSPS) is 11.5. The van der Waals surface area contributed by atoms with Gasteiger partial charge in [-0.15, -0.1) is 0 Å². The molecule has 13 heteroatoms. The Labute approximate surface area is 173 Å². The molecule has 0 bridgehead atoms. The summed E-state index contributed by atoms with van der Waals surface area (Å²) in [7, 11) is -4.98. The molecule has 166 valence electrons. The standard InChI is InChI=1S/C13H10O9S2.C4H11NO/c14-13(15)22-12-6-5-10(24(19,20)21)7-11(12)8-1-3-9(4-2-8)23(16,17)18;1-5(2)3-4-6/h1-7H,(H,14,15)(H,16,17,18)(H,19,20,21);6H,3-4H2,1-2H3. The number of carbonyl (C=O) groups excluding carboxylic acids is 1. The van der Waals surface area contributed by atoms with Crippen LogP contribution in [0.5, 0.6) is 5.75 Å². The number of hydrogen-bond acceptors (Lipinski definition) is 8. The van der Waals surface area contributed by atoms with E-state index < -0.39 is 36.2 Å². The quantitative estimate of drug-likeness (QED) is 0.228. The number of rotatable bonds is 6. The molecular formula is C17H21NO10S2. The van der Waals surface area contributed by atoms with E-state index in [0.29, 0.717) is 6.61 Å². The molecule has 0 radical (unpaired) electrons. The zero-order chi connectivity index (χ0) is 23.1. The molecule has 2 aromatic rings. The Morgan fingerprint density at radius 1 is 0.967 bits per heavy atom. The van der Waals surface area contributed by atoms with E-state index in [9.17, 15) is 26.7 Å². The molecule has 0 aromatic heterocycles. The van der Waals surface area contributed by atoms with E-state index in [2.05, 4.69) is 4.74 Å². The van der Waals surface area contributed by atoms with Gasteiger partial charge >= 0.3 is 0 Å². The van der Waals surface area contributed by atoms with E-state index in [4.69, 9.17) is 14.2 Å². The van der Waals surface area contributed by atoms with Gasteiger partial charge < -0.3 is 24.6 Å². The molecule has 0 unspecified atom stereocenters. The Morgan fingerprint density at radius 3 is 1.83 bits per heavy atom. The summed E-state index contributed by atoms with van der Waals surface area (Å²) in [5, 5.41) is 18.8. The Morgan fingerprint density at radius 2 is 1.47 bits per heavy atom. The van der Waals surface area contributed by atoms with Gasteiger partial charge in [-0.1, -0.05) is 12.1 Å². The minimum atomic E-state index is -4.56. The maximum Gasteiger partial charge on any atom is 0.294 e. The van der Waals surface area contributed by atoms with Crippen LogP contribution in [0.15, 0.2) is 52.3 Å². The molecule has 0 atom stereocenters. The maximum atomic E-state index is 11.2. The van der Waals surface area contributed by atoms with Gasteiger partial charge in [0.2, 0.25) is 0 Å². The first kappa shape index (κ1) is 25.5. The van der Waals surface area contributed by atoms with Crippen LogP contribution in [0.1, 0.15) is 0 Å². The number of nitrogens with one attached hydrogen (secondary N) is 1. The predicted molar refractivity (Wildman–Crippen MR) is 102 cm³/mol. The molecule has 0 saturated carbocycles. The number of carbonyl (C=O) groups is 1.